The molecule has 1 aliphatic rings. The number of aryl methyl sites for hydroxylation is 1. The second-order valence-corrected chi connectivity index (χ2v) is 9.33. The maximum absolute atomic E-state index is 13.1. The molecule has 0 aromatic heterocycles. The van der Waals surface area contributed by atoms with Gasteiger partial charge in [0.25, 0.3) is 0 Å². The SMILES string of the molecule is CC1=NOC(=O)C1(CCc1ccccc1)N(NC(=O)OC(C)(C)C)C(=O)OC(C)(C)C. The minimum absolute atomic E-state index is 0.111. The molecule has 1 N–H and O–H groups in total. The summed E-state index contributed by atoms with van der Waals surface area (Å²) < 4.78 is 10.8. The summed E-state index contributed by atoms with van der Waals surface area (Å²) in [5.74, 6) is -0.789. The molecule has 170 valence electrons. The Morgan fingerprint density at radius 3 is 2.13 bits per heavy atom. The van der Waals surface area contributed by atoms with Crippen LogP contribution in [0.2, 0.25) is 0 Å². The predicted molar refractivity (Wildman–Crippen MR) is 114 cm³/mol. The number of carbonyl (C=O) groups excluding carboxylic acids is 3. The van der Waals surface area contributed by atoms with Crippen molar-refractivity contribution in [3.8, 4) is 0 Å². The monoisotopic (exact) mass is 433 g/mol. The van der Waals surface area contributed by atoms with Crippen LogP contribution in [0.25, 0.3) is 0 Å². The van der Waals surface area contributed by atoms with Crippen molar-refractivity contribution in [2.75, 3.05) is 0 Å². The molecular formula is C22H31N3O6. The van der Waals surface area contributed by atoms with Crippen LogP contribution in [0.3, 0.4) is 0 Å². The van der Waals surface area contributed by atoms with Gasteiger partial charge in [-0.05, 0) is 66.9 Å². The first-order chi connectivity index (χ1) is 14.2. The number of rotatable bonds is 4. The number of amides is 2. The van der Waals surface area contributed by atoms with Crippen LogP contribution in [0.4, 0.5) is 9.59 Å². The topological polar surface area (TPSA) is 107 Å². The first-order valence-corrected chi connectivity index (χ1v) is 10.1. The van der Waals surface area contributed by atoms with Crippen molar-refractivity contribution < 1.29 is 28.7 Å². The molecule has 9 nitrogen and oxygen atoms in total. The van der Waals surface area contributed by atoms with Gasteiger partial charge in [-0.3, -0.25) is 0 Å². The van der Waals surface area contributed by atoms with E-state index in [-0.39, 0.29) is 12.1 Å². The van der Waals surface area contributed by atoms with Crippen LogP contribution in [0.15, 0.2) is 35.5 Å². The lowest BCUT2D eigenvalue weighted by molar-refractivity contribution is -0.151. The molecule has 31 heavy (non-hydrogen) atoms. The van der Waals surface area contributed by atoms with E-state index in [4.69, 9.17) is 14.3 Å². The Morgan fingerprint density at radius 1 is 1.06 bits per heavy atom. The first-order valence-electron chi connectivity index (χ1n) is 10.1. The van der Waals surface area contributed by atoms with Crippen molar-refractivity contribution in [2.24, 2.45) is 5.16 Å². The van der Waals surface area contributed by atoms with E-state index in [0.717, 1.165) is 10.6 Å². The highest BCUT2D eigenvalue weighted by atomic mass is 16.7. The summed E-state index contributed by atoms with van der Waals surface area (Å²) in [6, 6.07) is 9.44. The second kappa shape index (κ2) is 8.95. The van der Waals surface area contributed by atoms with Crippen LogP contribution in [0, 0.1) is 0 Å². The summed E-state index contributed by atoms with van der Waals surface area (Å²) in [5.41, 5.74) is 0.170. The molecule has 2 amide bonds. The van der Waals surface area contributed by atoms with Crippen molar-refractivity contribution in [1.82, 2.24) is 10.4 Å². The predicted octanol–water partition coefficient (Wildman–Crippen LogP) is 3.97. The normalized spacial score (nSPS) is 18.7. The Bertz CT molecular complexity index is 854. The molecule has 0 aliphatic carbocycles. The van der Waals surface area contributed by atoms with E-state index >= 15 is 0 Å². The third-order valence-corrected chi connectivity index (χ3v) is 4.38. The molecule has 0 spiro atoms. The lowest BCUT2D eigenvalue weighted by Crippen LogP contribution is -2.66. The highest BCUT2D eigenvalue weighted by Gasteiger charge is 2.56. The zero-order valence-corrected chi connectivity index (χ0v) is 19.1. The minimum atomic E-state index is -1.69. The summed E-state index contributed by atoms with van der Waals surface area (Å²) in [4.78, 5) is 43.5. The number of hydrazine groups is 1. The quantitative estimate of drug-likeness (QED) is 0.569. The van der Waals surface area contributed by atoms with Gasteiger partial charge in [0.15, 0.2) is 0 Å². The van der Waals surface area contributed by atoms with Gasteiger partial charge < -0.3 is 14.3 Å². The number of hydrogen-bond donors (Lipinski definition) is 1. The molecule has 0 fully saturated rings. The van der Waals surface area contributed by atoms with Gasteiger partial charge in [-0.2, -0.15) is 5.01 Å². The van der Waals surface area contributed by atoms with Crippen molar-refractivity contribution in [3.63, 3.8) is 0 Å². The summed E-state index contributed by atoms with van der Waals surface area (Å²) in [6.45, 7) is 11.7. The van der Waals surface area contributed by atoms with E-state index in [1.807, 2.05) is 30.3 Å². The number of hydrogen-bond acceptors (Lipinski definition) is 7. The van der Waals surface area contributed by atoms with Gasteiger partial charge in [0.1, 0.15) is 11.2 Å². The van der Waals surface area contributed by atoms with E-state index in [1.54, 1.807) is 48.5 Å². The van der Waals surface area contributed by atoms with Gasteiger partial charge in [-0.15, -0.1) is 0 Å². The van der Waals surface area contributed by atoms with E-state index < -0.39 is 34.9 Å². The van der Waals surface area contributed by atoms with E-state index in [9.17, 15) is 14.4 Å². The Kier molecular flexibility index (Phi) is 6.98. The largest absolute Gasteiger partial charge is 0.443 e. The Hall–Kier alpha value is -3.10. The standard InChI is InChI=1S/C22H31N3O6/c1-15-22(17(26)31-24-15,14-13-16-11-9-8-10-12-16)25(19(28)30-21(5,6)7)23-18(27)29-20(2,3)4/h8-12H,13-14H2,1-7H3,(H,23,27). The average Bonchev–Trinajstić information content (AvgIpc) is 2.91. The average molecular weight is 434 g/mol. The van der Waals surface area contributed by atoms with Gasteiger partial charge in [-0.1, -0.05) is 35.5 Å². The van der Waals surface area contributed by atoms with E-state index in [0.29, 0.717) is 6.42 Å². The minimum Gasteiger partial charge on any atom is -0.443 e. The van der Waals surface area contributed by atoms with Gasteiger partial charge in [0.05, 0.1) is 5.71 Å². The summed E-state index contributed by atoms with van der Waals surface area (Å²) in [5, 5.41) is 4.63. The third kappa shape index (κ3) is 6.19. The fourth-order valence-electron chi connectivity index (χ4n) is 3.02. The molecule has 0 radical (unpaired) electrons. The highest BCUT2D eigenvalue weighted by molar-refractivity contribution is 6.14. The molecule has 1 unspecified atom stereocenters. The van der Waals surface area contributed by atoms with Crippen LogP contribution < -0.4 is 5.43 Å². The molecule has 9 heteroatoms. The smallest absolute Gasteiger partial charge is 0.430 e. The van der Waals surface area contributed by atoms with Crippen LogP contribution >= 0.6 is 0 Å². The van der Waals surface area contributed by atoms with Crippen molar-refractivity contribution in [1.29, 1.82) is 0 Å². The fourth-order valence-corrected chi connectivity index (χ4v) is 3.02. The Balaban J connectivity index is 2.44. The van der Waals surface area contributed by atoms with Crippen molar-refractivity contribution >= 4 is 23.9 Å². The van der Waals surface area contributed by atoms with Crippen LogP contribution in [-0.4, -0.2) is 45.6 Å². The molecule has 0 saturated heterocycles. The number of ether oxygens (including phenoxy) is 2. The van der Waals surface area contributed by atoms with Crippen molar-refractivity contribution in [2.45, 2.75) is 78.0 Å². The van der Waals surface area contributed by atoms with E-state index in [2.05, 4.69) is 10.6 Å². The van der Waals surface area contributed by atoms with E-state index in [1.165, 1.54) is 0 Å². The Morgan fingerprint density at radius 2 is 1.65 bits per heavy atom. The Labute approximate surface area is 182 Å². The number of nitrogens with one attached hydrogen (secondary N) is 1. The molecule has 0 bridgehead atoms. The number of oxime groups is 1. The molecule has 1 atom stereocenters. The molecule has 1 heterocycles. The number of nitrogens with zero attached hydrogens (tertiary/aromatic N) is 2. The van der Waals surface area contributed by atoms with Gasteiger partial charge in [-0.25, -0.2) is 19.8 Å². The summed E-state index contributed by atoms with van der Waals surface area (Å²) >= 11 is 0. The lowest BCUT2D eigenvalue weighted by Gasteiger charge is -2.38. The maximum atomic E-state index is 13.1. The molecule has 2 rings (SSSR count). The first kappa shape index (κ1) is 24.2. The lowest BCUT2D eigenvalue weighted by atomic mass is 9.87. The second-order valence-electron chi connectivity index (χ2n) is 9.33. The fraction of sp³-hybridized carbons (Fsp3) is 0.545. The third-order valence-electron chi connectivity index (χ3n) is 4.38. The molecule has 1 aromatic rings. The van der Waals surface area contributed by atoms with Gasteiger partial charge in [0, 0.05) is 0 Å². The molecule has 1 aliphatic heterocycles. The zero-order chi connectivity index (χ0) is 23.4. The molecule has 0 saturated carbocycles. The molecular weight excluding hydrogens is 402 g/mol. The zero-order valence-electron chi connectivity index (χ0n) is 19.1. The summed E-state index contributed by atoms with van der Waals surface area (Å²) in [6.07, 6.45) is -1.32. The van der Waals surface area contributed by atoms with Gasteiger partial charge in [0.2, 0.25) is 5.54 Å². The van der Waals surface area contributed by atoms with Crippen LogP contribution in [0.1, 0.15) is 60.5 Å². The van der Waals surface area contributed by atoms with Crippen LogP contribution in [0.5, 0.6) is 0 Å². The van der Waals surface area contributed by atoms with Crippen molar-refractivity contribution in [3.05, 3.63) is 35.9 Å². The maximum Gasteiger partial charge on any atom is 0.430 e. The van der Waals surface area contributed by atoms with Gasteiger partial charge >= 0.3 is 18.2 Å². The summed E-state index contributed by atoms with van der Waals surface area (Å²) in [7, 11) is 0. The van der Waals surface area contributed by atoms with Crippen LogP contribution in [-0.2, 0) is 25.5 Å². The number of benzene rings is 1. The number of carbonyl (C=O) groups is 3. The highest BCUT2D eigenvalue weighted by Crippen LogP contribution is 2.31. The molecule has 1 aromatic carbocycles.